The Morgan fingerprint density at radius 1 is 1.50 bits per heavy atom. The van der Waals surface area contributed by atoms with Crippen molar-refractivity contribution >= 4 is 8.32 Å². The van der Waals surface area contributed by atoms with E-state index >= 15 is 0 Å². The lowest BCUT2D eigenvalue weighted by Gasteiger charge is -2.22. The predicted molar refractivity (Wildman–Crippen MR) is 53.3 cm³/mol. The molecule has 0 aromatic carbocycles. The molecular formula is C9H17NOSi. The maximum absolute atomic E-state index is 8.51. The van der Waals surface area contributed by atoms with Gasteiger partial charge in [-0.1, -0.05) is 12.2 Å². The summed E-state index contributed by atoms with van der Waals surface area (Å²) in [6.45, 7) is 8.32. The summed E-state index contributed by atoms with van der Waals surface area (Å²) in [5, 5.41) is 8.51. The molecule has 1 atom stereocenters. The third kappa shape index (κ3) is 6.14. The van der Waals surface area contributed by atoms with Crippen LogP contribution in [-0.4, -0.2) is 14.4 Å². The summed E-state index contributed by atoms with van der Waals surface area (Å²) in [6, 6.07) is 2.12. The molecule has 0 heterocycles. The minimum Gasteiger partial charge on any atom is -0.410 e. The molecule has 0 aliphatic heterocycles. The Morgan fingerprint density at radius 3 is 2.42 bits per heavy atom. The van der Waals surface area contributed by atoms with Crippen molar-refractivity contribution in [2.75, 3.05) is 0 Å². The zero-order valence-corrected chi connectivity index (χ0v) is 9.29. The van der Waals surface area contributed by atoms with Crippen LogP contribution in [0.15, 0.2) is 12.2 Å². The lowest BCUT2D eigenvalue weighted by Crippen LogP contribution is -2.30. The lowest BCUT2D eigenvalue weighted by atomic mass is 10.2. The monoisotopic (exact) mass is 183 g/mol. The summed E-state index contributed by atoms with van der Waals surface area (Å²) in [5.74, 6) is 0. The highest BCUT2D eigenvalue weighted by Crippen LogP contribution is 2.10. The van der Waals surface area contributed by atoms with Crippen molar-refractivity contribution < 1.29 is 4.43 Å². The van der Waals surface area contributed by atoms with Gasteiger partial charge in [0.25, 0.3) is 0 Å². The summed E-state index contributed by atoms with van der Waals surface area (Å²) in [5.41, 5.74) is 0. The van der Waals surface area contributed by atoms with E-state index in [1.54, 1.807) is 0 Å². The van der Waals surface area contributed by atoms with Crippen LogP contribution >= 0.6 is 0 Å². The number of hydrogen-bond donors (Lipinski definition) is 0. The van der Waals surface area contributed by atoms with E-state index in [9.17, 15) is 0 Å². The Balaban J connectivity index is 4.06. The molecule has 0 rings (SSSR count). The Morgan fingerprint density at radius 2 is 2.08 bits per heavy atom. The van der Waals surface area contributed by atoms with Gasteiger partial charge in [0, 0.05) is 0 Å². The van der Waals surface area contributed by atoms with Gasteiger partial charge in [-0.15, -0.1) is 0 Å². The van der Waals surface area contributed by atoms with Crippen LogP contribution in [0.1, 0.15) is 13.3 Å². The first-order valence-electron chi connectivity index (χ1n) is 4.17. The standard InChI is InChI=1S/C9H17NOSi/c1-5-6-9(7-8-10)11-12(2,3)4/h5-6,9H,7H2,1-4H3/b6-5+. The number of nitrogens with zero attached hydrogens (tertiary/aromatic N) is 1. The average molecular weight is 183 g/mol. The zero-order valence-electron chi connectivity index (χ0n) is 8.29. The summed E-state index contributed by atoms with van der Waals surface area (Å²) in [4.78, 5) is 0. The molecule has 0 N–H and O–H groups in total. The van der Waals surface area contributed by atoms with Crippen molar-refractivity contribution in [1.82, 2.24) is 0 Å². The smallest absolute Gasteiger partial charge is 0.184 e. The van der Waals surface area contributed by atoms with Crippen LogP contribution in [0.4, 0.5) is 0 Å². The van der Waals surface area contributed by atoms with E-state index in [0.717, 1.165) is 0 Å². The first-order valence-corrected chi connectivity index (χ1v) is 7.58. The SMILES string of the molecule is C/C=C/C(CC#N)O[Si](C)(C)C. The first-order chi connectivity index (χ1) is 5.49. The van der Waals surface area contributed by atoms with Crippen molar-refractivity contribution in [3.63, 3.8) is 0 Å². The van der Waals surface area contributed by atoms with E-state index in [1.165, 1.54) is 0 Å². The van der Waals surface area contributed by atoms with Gasteiger partial charge in [-0.3, -0.25) is 0 Å². The molecule has 0 saturated heterocycles. The average Bonchev–Trinajstić information content (AvgIpc) is 1.84. The second kappa shape index (κ2) is 5.12. The third-order valence-electron chi connectivity index (χ3n) is 1.20. The fourth-order valence-electron chi connectivity index (χ4n) is 0.908. The molecule has 2 nitrogen and oxygen atoms in total. The summed E-state index contributed by atoms with van der Waals surface area (Å²) < 4.78 is 5.75. The van der Waals surface area contributed by atoms with Crippen molar-refractivity contribution in [2.24, 2.45) is 0 Å². The zero-order chi connectivity index (χ0) is 9.61. The van der Waals surface area contributed by atoms with Crippen LogP contribution in [0.25, 0.3) is 0 Å². The quantitative estimate of drug-likeness (QED) is 0.496. The Labute approximate surface area is 76.0 Å². The molecule has 0 bridgehead atoms. The number of rotatable bonds is 4. The lowest BCUT2D eigenvalue weighted by molar-refractivity contribution is 0.247. The molecule has 12 heavy (non-hydrogen) atoms. The third-order valence-corrected chi connectivity index (χ3v) is 2.21. The van der Waals surface area contributed by atoms with Crippen molar-refractivity contribution in [2.45, 2.75) is 39.1 Å². The maximum Gasteiger partial charge on any atom is 0.184 e. The van der Waals surface area contributed by atoms with Gasteiger partial charge in [-0.25, -0.2) is 0 Å². The molecule has 0 aromatic rings. The fraction of sp³-hybridized carbons (Fsp3) is 0.667. The minimum absolute atomic E-state index is 0.00772. The van der Waals surface area contributed by atoms with Gasteiger partial charge in [0.2, 0.25) is 0 Å². The number of nitriles is 1. The molecule has 0 aliphatic rings. The van der Waals surface area contributed by atoms with Gasteiger partial charge in [0.15, 0.2) is 8.32 Å². The van der Waals surface area contributed by atoms with Crippen molar-refractivity contribution in [3.05, 3.63) is 12.2 Å². The molecule has 0 amide bonds. The second-order valence-electron chi connectivity index (χ2n) is 3.66. The van der Waals surface area contributed by atoms with Gasteiger partial charge in [-0.2, -0.15) is 5.26 Å². The van der Waals surface area contributed by atoms with Crippen molar-refractivity contribution in [1.29, 1.82) is 5.26 Å². The molecule has 0 spiro atoms. The number of hydrogen-bond acceptors (Lipinski definition) is 2. The van der Waals surface area contributed by atoms with E-state index in [1.807, 2.05) is 19.1 Å². The van der Waals surface area contributed by atoms with Gasteiger partial charge in [0.1, 0.15) is 0 Å². The van der Waals surface area contributed by atoms with Crippen LogP contribution in [0.2, 0.25) is 19.6 Å². The van der Waals surface area contributed by atoms with Gasteiger partial charge in [-0.05, 0) is 26.6 Å². The molecule has 3 heteroatoms. The highest BCUT2D eigenvalue weighted by Gasteiger charge is 2.18. The van der Waals surface area contributed by atoms with Crippen molar-refractivity contribution in [3.8, 4) is 6.07 Å². The van der Waals surface area contributed by atoms with Gasteiger partial charge < -0.3 is 4.43 Å². The largest absolute Gasteiger partial charge is 0.410 e. The Bertz CT molecular complexity index is 188. The fourth-order valence-corrected chi connectivity index (χ4v) is 1.98. The van der Waals surface area contributed by atoms with Crippen LogP contribution in [0.3, 0.4) is 0 Å². The molecular weight excluding hydrogens is 166 g/mol. The van der Waals surface area contributed by atoms with Crippen LogP contribution in [0.5, 0.6) is 0 Å². The predicted octanol–water partition coefficient (Wildman–Crippen LogP) is 2.70. The molecule has 1 unspecified atom stereocenters. The van der Waals surface area contributed by atoms with Crippen LogP contribution in [0, 0.1) is 11.3 Å². The topological polar surface area (TPSA) is 33.0 Å². The van der Waals surface area contributed by atoms with Gasteiger partial charge in [0.05, 0.1) is 18.6 Å². The molecule has 0 fully saturated rings. The highest BCUT2D eigenvalue weighted by atomic mass is 28.4. The second-order valence-corrected chi connectivity index (χ2v) is 8.12. The molecule has 0 saturated carbocycles. The summed E-state index contributed by atoms with van der Waals surface area (Å²) in [7, 11) is -1.50. The summed E-state index contributed by atoms with van der Waals surface area (Å²) >= 11 is 0. The van der Waals surface area contributed by atoms with E-state index in [2.05, 4.69) is 25.7 Å². The van der Waals surface area contributed by atoms with Crippen LogP contribution < -0.4 is 0 Å². The molecule has 0 aromatic heterocycles. The van der Waals surface area contributed by atoms with E-state index in [4.69, 9.17) is 9.69 Å². The van der Waals surface area contributed by atoms with Crippen LogP contribution in [-0.2, 0) is 4.43 Å². The Kier molecular flexibility index (Phi) is 4.87. The molecule has 0 aliphatic carbocycles. The first kappa shape index (κ1) is 11.4. The minimum atomic E-state index is -1.50. The van der Waals surface area contributed by atoms with E-state index < -0.39 is 8.32 Å². The van der Waals surface area contributed by atoms with Gasteiger partial charge >= 0.3 is 0 Å². The Hall–Kier alpha value is -0.593. The molecule has 0 radical (unpaired) electrons. The summed E-state index contributed by atoms with van der Waals surface area (Å²) in [6.07, 6.45) is 4.32. The maximum atomic E-state index is 8.51. The normalized spacial score (nSPS) is 14.6. The highest BCUT2D eigenvalue weighted by molar-refractivity contribution is 6.69. The van der Waals surface area contributed by atoms with E-state index in [0.29, 0.717) is 6.42 Å². The number of allylic oxidation sites excluding steroid dienone is 1. The molecule has 68 valence electrons. The van der Waals surface area contributed by atoms with E-state index in [-0.39, 0.29) is 6.10 Å².